The highest BCUT2D eigenvalue weighted by molar-refractivity contribution is 9.10. The van der Waals surface area contributed by atoms with Gasteiger partial charge in [-0.1, -0.05) is 6.07 Å². The van der Waals surface area contributed by atoms with E-state index in [4.69, 9.17) is 4.74 Å². The first-order valence-corrected chi connectivity index (χ1v) is 7.95. The molecule has 2 aromatic rings. The average Bonchev–Trinajstić information content (AvgIpc) is 2.50. The number of carbonyl (C=O) groups is 1. The summed E-state index contributed by atoms with van der Waals surface area (Å²) in [4.78, 5) is 20.9. The van der Waals surface area contributed by atoms with Gasteiger partial charge in [-0.25, -0.2) is 9.97 Å². The maximum Gasteiger partial charge on any atom is 0.274 e. The Hall–Kier alpha value is -1.99. The summed E-state index contributed by atoms with van der Waals surface area (Å²) in [5.74, 6) is 0.130. The van der Waals surface area contributed by atoms with Crippen molar-refractivity contribution in [1.82, 2.24) is 9.97 Å². The minimum Gasteiger partial charge on any atom is -0.383 e. The Morgan fingerprint density at radius 2 is 2.04 bits per heavy atom. The summed E-state index contributed by atoms with van der Waals surface area (Å²) in [6.45, 7) is 4.92. The first kappa shape index (κ1) is 17.4. The van der Waals surface area contributed by atoms with Gasteiger partial charge in [-0.3, -0.25) is 4.79 Å². The minimum absolute atomic E-state index is 0.283. The van der Waals surface area contributed by atoms with E-state index >= 15 is 0 Å². The molecule has 7 heteroatoms. The molecule has 0 radical (unpaired) electrons. The Morgan fingerprint density at radius 1 is 1.26 bits per heavy atom. The predicted octanol–water partition coefficient (Wildman–Crippen LogP) is 3.17. The van der Waals surface area contributed by atoms with Gasteiger partial charge in [0, 0.05) is 23.8 Å². The zero-order valence-corrected chi connectivity index (χ0v) is 14.9. The molecule has 1 heterocycles. The quantitative estimate of drug-likeness (QED) is 0.754. The number of aryl methyl sites for hydroxylation is 2. The molecule has 2 rings (SSSR count). The monoisotopic (exact) mass is 378 g/mol. The highest BCUT2D eigenvalue weighted by atomic mass is 79.9. The van der Waals surface area contributed by atoms with Crippen LogP contribution in [0.15, 0.2) is 28.7 Å². The number of nitrogens with one attached hydrogen (secondary N) is 2. The molecule has 0 bridgehead atoms. The van der Waals surface area contributed by atoms with E-state index in [0.29, 0.717) is 36.2 Å². The molecule has 0 saturated heterocycles. The summed E-state index contributed by atoms with van der Waals surface area (Å²) in [6.07, 6.45) is 0. The van der Waals surface area contributed by atoms with Crippen LogP contribution in [0.25, 0.3) is 0 Å². The van der Waals surface area contributed by atoms with E-state index in [2.05, 4.69) is 36.5 Å². The van der Waals surface area contributed by atoms with Crippen LogP contribution in [0.5, 0.6) is 0 Å². The van der Waals surface area contributed by atoms with Gasteiger partial charge in [0.2, 0.25) is 5.95 Å². The van der Waals surface area contributed by atoms with Crippen molar-refractivity contribution < 1.29 is 9.53 Å². The van der Waals surface area contributed by atoms with Crippen LogP contribution in [-0.2, 0) is 4.74 Å². The van der Waals surface area contributed by atoms with Crippen LogP contribution in [0.4, 0.5) is 11.6 Å². The van der Waals surface area contributed by atoms with Gasteiger partial charge in [0.25, 0.3) is 5.91 Å². The molecule has 1 amide bonds. The predicted molar refractivity (Wildman–Crippen MR) is 94.0 cm³/mol. The van der Waals surface area contributed by atoms with Crippen molar-refractivity contribution in [3.63, 3.8) is 0 Å². The smallest absolute Gasteiger partial charge is 0.274 e. The van der Waals surface area contributed by atoms with Crippen LogP contribution in [0.1, 0.15) is 21.7 Å². The number of amides is 1. The van der Waals surface area contributed by atoms with Crippen molar-refractivity contribution in [2.45, 2.75) is 13.8 Å². The molecule has 2 N–H and O–H groups in total. The molecule has 122 valence electrons. The van der Waals surface area contributed by atoms with Gasteiger partial charge in [-0.05, 0) is 53.5 Å². The lowest BCUT2D eigenvalue weighted by Crippen LogP contribution is -2.17. The molecule has 6 nitrogen and oxygen atoms in total. The first-order valence-electron chi connectivity index (χ1n) is 7.15. The van der Waals surface area contributed by atoms with Gasteiger partial charge >= 0.3 is 0 Å². The van der Waals surface area contributed by atoms with E-state index in [0.717, 1.165) is 10.0 Å². The number of halogens is 1. The lowest BCUT2D eigenvalue weighted by molar-refractivity contribution is 0.102. The minimum atomic E-state index is -0.283. The molecule has 0 unspecified atom stereocenters. The Morgan fingerprint density at radius 3 is 2.74 bits per heavy atom. The van der Waals surface area contributed by atoms with Crippen LogP contribution in [0, 0.1) is 13.8 Å². The number of hydrogen-bond donors (Lipinski definition) is 2. The highest BCUT2D eigenvalue weighted by Gasteiger charge is 2.12. The molecule has 1 aromatic carbocycles. The van der Waals surface area contributed by atoms with Crippen LogP contribution in [-0.4, -0.2) is 36.1 Å². The van der Waals surface area contributed by atoms with E-state index in [1.54, 1.807) is 13.2 Å². The van der Waals surface area contributed by atoms with Crippen LogP contribution in [0.3, 0.4) is 0 Å². The molecule has 23 heavy (non-hydrogen) atoms. The Balaban J connectivity index is 2.15. The number of benzene rings is 1. The number of anilines is 2. The number of methoxy groups -OCH3 is 1. The standard InChI is InChI=1S/C16H19BrN4O2/c1-10-4-5-13(12(17)8-10)20-15(22)14-9-11(2)19-16(21-14)18-6-7-23-3/h4-5,8-9H,6-7H2,1-3H3,(H,20,22)(H,18,19,21). The van der Waals surface area contributed by atoms with Crippen LogP contribution >= 0.6 is 15.9 Å². The third kappa shape index (κ3) is 5.01. The number of carbonyl (C=O) groups excluding carboxylic acids is 1. The molecular weight excluding hydrogens is 360 g/mol. The molecule has 0 fully saturated rings. The normalized spacial score (nSPS) is 10.4. The maximum atomic E-state index is 12.4. The van der Waals surface area contributed by atoms with Gasteiger partial charge < -0.3 is 15.4 Å². The molecule has 0 aliphatic heterocycles. The summed E-state index contributed by atoms with van der Waals surface area (Å²) < 4.78 is 5.80. The second-order valence-corrected chi connectivity index (χ2v) is 5.93. The molecule has 1 aromatic heterocycles. The fraction of sp³-hybridized carbons (Fsp3) is 0.312. The highest BCUT2D eigenvalue weighted by Crippen LogP contribution is 2.23. The van der Waals surface area contributed by atoms with Crippen molar-refractivity contribution in [3.8, 4) is 0 Å². The van der Waals surface area contributed by atoms with Crippen molar-refractivity contribution in [2.75, 3.05) is 30.9 Å². The lowest BCUT2D eigenvalue weighted by atomic mass is 10.2. The van der Waals surface area contributed by atoms with Gasteiger partial charge in [-0.2, -0.15) is 0 Å². The van der Waals surface area contributed by atoms with Gasteiger partial charge in [-0.15, -0.1) is 0 Å². The summed E-state index contributed by atoms with van der Waals surface area (Å²) >= 11 is 3.45. The Bertz CT molecular complexity index is 706. The van der Waals surface area contributed by atoms with E-state index < -0.39 is 0 Å². The topological polar surface area (TPSA) is 76.1 Å². The summed E-state index contributed by atoms with van der Waals surface area (Å²) in [5, 5.41) is 5.87. The zero-order valence-electron chi connectivity index (χ0n) is 13.3. The second kappa shape index (κ2) is 8.03. The van der Waals surface area contributed by atoms with Gasteiger partial charge in [0.15, 0.2) is 0 Å². The molecule has 0 aliphatic rings. The SMILES string of the molecule is COCCNc1nc(C)cc(C(=O)Nc2ccc(C)cc2Br)n1. The number of rotatable bonds is 6. The molecule has 0 spiro atoms. The van der Waals surface area contributed by atoms with Crippen molar-refractivity contribution >= 4 is 33.5 Å². The Labute approximate surface area is 143 Å². The van der Waals surface area contributed by atoms with E-state index in [-0.39, 0.29) is 5.91 Å². The fourth-order valence-electron chi connectivity index (χ4n) is 1.94. The number of ether oxygens (including phenoxy) is 1. The molecule has 0 saturated carbocycles. The first-order chi connectivity index (χ1) is 11.0. The van der Waals surface area contributed by atoms with Crippen molar-refractivity contribution in [1.29, 1.82) is 0 Å². The third-order valence-electron chi connectivity index (χ3n) is 3.05. The average molecular weight is 379 g/mol. The van der Waals surface area contributed by atoms with Crippen molar-refractivity contribution in [2.24, 2.45) is 0 Å². The number of hydrogen-bond acceptors (Lipinski definition) is 5. The molecule has 0 atom stereocenters. The molecular formula is C16H19BrN4O2. The summed E-state index contributed by atoms with van der Waals surface area (Å²) in [7, 11) is 1.62. The molecule has 0 aliphatic carbocycles. The lowest BCUT2D eigenvalue weighted by Gasteiger charge is -2.10. The Kier molecular flexibility index (Phi) is 6.06. The van der Waals surface area contributed by atoms with E-state index in [1.165, 1.54) is 0 Å². The maximum absolute atomic E-state index is 12.4. The number of nitrogens with zero attached hydrogens (tertiary/aromatic N) is 2. The van der Waals surface area contributed by atoms with Crippen molar-refractivity contribution in [3.05, 3.63) is 45.7 Å². The van der Waals surface area contributed by atoms with E-state index in [9.17, 15) is 4.79 Å². The van der Waals surface area contributed by atoms with Gasteiger partial charge in [0.05, 0.1) is 12.3 Å². The number of aromatic nitrogens is 2. The zero-order chi connectivity index (χ0) is 16.8. The summed E-state index contributed by atoms with van der Waals surface area (Å²) in [6, 6.07) is 7.38. The van der Waals surface area contributed by atoms with Crippen LogP contribution < -0.4 is 10.6 Å². The second-order valence-electron chi connectivity index (χ2n) is 5.08. The largest absolute Gasteiger partial charge is 0.383 e. The van der Waals surface area contributed by atoms with Gasteiger partial charge in [0.1, 0.15) is 5.69 Å². The third-order valence-corrected chi connectivity index (χ3v) is 3.71. The van der Waals surface area contributed by atoms with Crippen LogP contribution in [0.2, 0.25) is 0 Å². The fourth-order valence-corrected chi connectivity index (χ4v) is 2.53. The van der Waals surface area contributed by atoms with E-state index in [1.807, 2.05) is 32.0 Å². The summed E-state index contributed by atoms with van der Waals surface area (Å²) in [5.41, 5.74) is 2.83.